The van der Waals surface area contributed by atoms with Gasteiger partial charge in [0.15, 0.2) is 0 Å². The number of rotatable bonds is 2. The molecule has 25 heavy (non-hydrogen) atoms. The predicted molar refractivity (Wildman–Crippen MR) is 115 cm³/mol. The molecule has 2 aromatic rings. The van der Waals surface area contributed by atoms with Gasteiger partial charge in [0.25, 0.3) is 0 Å². The monoisotopic (exact) mass is 592 g/mol. The van der Waals surface area contributed by atoms with Crippen molar-refractivity contribution in [3.63, 3.8) is 0 Å². The van der Waals surface area contributed by atoms with E-state index in [4.69, 9.17) is 9.84 Å². The fraction of sp³-hybridized carbons (Fsp3) is 0.333. The van der Waals surface area contributed by atoms with E-state index < -0.39 is 5.82 Å². The number of aromatic hydroxyl groups is 1. The predicted octanol–water partition coefficient (Wildman–Crippen LogP) is 7.50. The molecule has 0 heterocycles. The Kier molecular flexibility index (Phi) is 12.7. The Bertz CT molecular complexity index is 650. The summed E-state index contributed by atoms with van der Waals surface area (Å²) in [5.41, 5.74) is 0. The molecule has 0 aromatic heterocycles. The van der Waals surface area contributed by atoms with Crippen LogP contribution in [0.15, 0.2) is 45.3 Å². The molecule has 140 valence electrons. The van der Waals surface area contributed by atoms with Gasteiger partial charge in [0.05, 0.1) is 15.0 Å². The van der Waals surface area contributed by atoms with Gasteiger partial charge in [-0.15, -0.1) is 0 Å². The molecule has 0 radical (unpaired) electrons. The topological polar surface area (TPSA) is 29.5 Å². The number of hydrogen-bond donors (Lipinski definition) is 1. The van der Waals surface area contributed by atoms with E-state index in [0.717, 1.165) is 14.5 Å². The Balaban J connectivity index is 0.000000391. The molecular formula is C18H21Br2F2IO2. The lowest BCUT2D eigenvalue weighted by atomic mass is 10.3. The van der Waals surface area contributed by atoms with Crippen LogP contribution in [0.1, 0.15) is 27.7 Å². The SMILES string of the molecule is CC(C)I.CC(C)Oc1cc(F)ccc1Br.Oc1cc(F)ccc1Br. The van der Waals surface area contributed by atoms with Gasteiger partial charge in [-0.1, -0.05) is 36.4 Å². The van der Waals surface area contributed by atoms with Crippen LogP contribution in [-0.2, 0) is 0 Å². The minimum Gasteiger partial charge on any atom is -0.507 e. The molecule has 0 bridgehead atoms. The molecule has 0 saturated carbocycles. The summed E-state index contributed by atoms with van der Waals surface area (Å²) < 4.78 is 32.3. The average molecular weight is 594 g/mol. The fourth-order valence-corrected chi connectivity index (χ4v) is 1.89. The van der Waals surface area contributed by atoms with Crippen molar-refractivity contribution >= 4 is 54.5 Å². The van der Waals surface area contributed by atoms with Gasteiger partial charge >= 0.3 is 0 Å². The number of ether oxygens (including phenoxy) is 1. The molecule has 0 fully saturated rings. The molecule has 2 rings (SSSR count). The van der Waals surface area contributed by atoms with Gasteiger partial charge < -0.3 is 9.84 Å². The molecule has 0 unspecified atom stereocenters. The summed E-state index contributed by atoms with van der Waals surface area (Å²) in [6, 6.07) is 8.15. The van der Waals surface area contributed by atoms with Crippen LogP contribution in [0.25, 0.3) is 0 Å². The number of phenolic OH excluding ortho intramolecular Hbond substituents is 1. The maximum Gasteiger partial charge on any atom is 0.136 e. The van der Waals surface area contributed by atoms with Crippen LogP contribution in [0.5, 0.6) is 11.5 Å². The van der Waals surface area contributed by atoms with Crippen LogP contribution >= 0.6 is 54.5 Å². The third-order valence-electron chi connectivity index (χ3n) is 2.16. The number of benzene rings is 2. The van der Waals surface area contributed by atoms with E-state index in [2.05, 4.69) is 68.3 Å². The fourth-order valence-electron chi connectivity index (χ4n) is 1.31. The van der Waals surface area contributed by atoms with Crippen LogP contribution in [0, 0.1) is 11.6 Å². The zero-order chi connectivity index (χ0) is 19.6. The molecule has 7 heteroatoms. The lowest BCUT2D eigenvalue weighted by molar-refractivity contribution is 0.240. The number of halogens is 5. The van der Waals surface area contributed by atoms with Gasteiger partial charge in [-0.3, -0.25) is 0 Å². The molecule has 2 aromatic carbocycles. The second kappa shape index (κ2) is 12.9. The Hall–Kier alpha value is -0.410. The zero-order valence-electron chi connectivity index (χ0n) is 14.4. The lowest BCUT2D eigenvalue weighted by Gasteiger charge is -2.10. The molecule has 0 amide bonds. The molecule has 0 spiro atoms. The Labute approximate surface area is 178 Å². The summed E-state index contributed by atoms with van der Waals surface area (Å²) in [6.07, 6.45) is 0.0584. The highest BCUT2D eigenvalue weighted by atomic mass is 127. The van der Waals surface area contributed by atoms with Crippen molar-refractivity contribution in [2.24, 2.45) is 0 Å². The van der Waals surface area contributed by atoms with E-state index in [1.165, 1.54) is 24.3 Å². The minimum absolute atomic E-state index is 0.0584. The van der Waals surface area contributed by atoms with Gasteiger partial charge in [-0.2, -0.15) is 0 Å². The standard InChI is InChI=1S/C9H10BrFO.C6H4BrFO.C3H7I/c1-6(2)12-9-5-7(11)3-4-8(9)10;7-5-2-1-4(8)3-6(5)9;1-3(2)4/h3-6H,1-2H3;1-3,9H;3H,1-2H3. The number of hydrogen-bond acceptors (Lipinski definition) is 2. The summed E-state index contributed by atoms with van der Waals surface area (Å²) in [5, 5.41) is 8.81. The molecule has 1 N–H and O–H groups in total. The van der Waals surface area contributed by atoms with Crippen molar-refractivity contribution in [1.82, 2.24) is 0 Å². The Morgan fingerprint density at radius 1 is 0.920 bits per heavy atom. The van der Waals surface area contributed by atoms with Gasteiger partial charge in [0.2, 0.25) is 0 Å². The van der Waals surface area contributed by atoms with E-state index >= 15 is 0 Å². The second-order valence-corrected chi connectivity index (χ2v) is 9.55. The summed E-state index contributed by atoms with van der Waals surface area (Å²) in [7, 11) is 0. The number of phenols is 1. The van der Waals surface area contributed by atoms with Crippen LogP contribution in [0.3, 0.4) is 0 Å². The molecular weight excluding hydrogens is 573 g/mol. The quantitative estimate of drug-likeness (QED) is 0.289. The van der Waals surface area contributed by atoms with Gasteiger partial charge in [0.1, 0.15) is 23.1 Å². The van der Waals surface area contributed by atoms with Crippen molar-refractivity contribution in [2.75, 3.05) is 0 Å². The molecule has 0 aliphatic carbocycles. The highest BCUT2D eigenvalue weighted by Crippen LogP contribution is 2.26. The minimum atomic E-state index is -0.435. The lowest BCUT2D eigenvalue weighted by Crippen LogP contribution is -2.06. The summed E-state index contributed by atoms with van der Waals surface area (Å²) in [4.78, 5) is 0. The Morgan fingerprint density at radius 2 is 1.36 bits per heavy atom. The van der Waals surface area contributed by atoms with Crippen molar-refractivity contribution in [3.05, 3.63) is 57.0 Å². The first-order valence-electron chi connectivity index (χ1n) is 7.42. The van der Waals surface area contributed by atoms with Crippen LogP contribution < -0.4 is 4.74 Å². The second-order valence-electron chi connectivity index (χ2n) is 5.35. The maximum absolute atomic E-state index is 12.7. The first kappa shape index (κ1) is 24.6. The molecule has 0 aliphatic heterocycles. The number of alkyl halides is 1. The van der Waals surface area contributed by atoms with E-state index in [9.17, 15) is 8.78 Å². The van der Waals surface area contributed by atoms with Crippen LogP contribution in [0.4, 0.5) is 8.78 Å². The van der Waals surface area contributed by atoms with Crippen molar-refractivity contribution in [3.8, 4) is 11.5 Å². The van der Waals surface area contributed by atoms with E-state index in [-0.39, 0.29) is 17.7 Å². The normalized spacial score (nSPS) is 9.88. The summed E-state index contributed by atoms with van der Waals surface area (Å²) in [6.45, 7) is 8.11. The van der Waals surface area contributed by atoms with Gasteiger partial charge in [0, 0.05) is 16.1 Å². The van der Waals surface area contributed by atoms with E-state index in [1.807, 2.05) is 13.8 Å². The molecule has 0 aliphatic rings. The molecule has 0 saturated heterocycles. The van der Waals surface area contributed by atoms with Gasteiger partial charge in [-0.05, 0) is 70.0 Å². The summed E-state index contributed by atoms with van der Waals surface area (Å²) in [5.74, 6) is -0.246. The van der Waals surface area contributed by atoms with Crippen LogP contribution in [0.2, 0.25) is 0 Å². The smallest absolute Gasteiger partial charge is 0.136 e. The first-order valence-corrected chi connectivity index (χ1v) is 10.3. The van der Waals surface area contributed by atoms with Crippen molar-refractivity contribution < 1.29 is 18.6 Å². The van der Waals surface area contributed by atoms with Crippen LogP contribution in [-0.4, -0.2) is 15.1 Å². The highest BCUT2D eigenvalue weighted by Gasteiger charge is 2.04. The first-order chi connectivity index (χ1) is 11.5. The largest absolute Gasteiger partial charge is 0.507 e. The average Bonchev–Trinajstić information content (AvgIpc) is 2.47. The Morgan fingerprint density at radius 3 is 1.76 bits per heavy atom. The molecule has 2 nitrogen and oxygen atoms in total. The molecule has 0 atom stereocenters. The highest BCUT2D eigenvalue weighted by molar-refractivity contribution is 14.1. The summed E-state index contributed by atoms with van der Waals surface area (Å²) >= 11 is 8.62. The third kappa shape index (κ3) is 12.6. The van der Waals surface area contributed by atoms with E-state index in [0.29, 0.717) is 10.2 Å². The van der Waals surface area contributed by atoms with Gasteiger partial charge in [-0.25, -0.2) is 8.78 Å². The van der Waals surface area contributed by atoms with E-state index in [1.54, 1.807) is 6.07 Å². The van der Waals surface area contributed by atoms with Crippen molar-refractivity contribution in [2.45, 2.75) is 37.7 Å². The van der Waals surface area contributed by atoms with Crippen molar-refractivity contribution in [1.29, 1.82) is 0 Å². The maximum atomic E-state index is 12.7. The third-order valence-corrected chi connectivity index (χ3v) is 3.49. The zero-order valence-corrected chi connectivity index (χ0v) is 19.7.